The third-order valence-corrected chi connectivity index (χ3v) is 6.90. The summed E-state index contributed by atoms with van der Waals surface area (Å²) in [7, 11) is -3.69. The second-order valence-electron chi connectivity index (χ2n) is 6.73. The molecule has 1 N–H and O–H groups in total. The Morgan fingerprint density at radius 3 is 2.85 bits per heavy atom. The third kappa shape index (κ3) is 3.82. The van der Waals surface area contributed by atoms with E-state index in [1.54, 1.807) is 24.0 Å². The number of sulfonamides is 1. The number of hydrogen-bond donors (Lipinski definition) is 1. The molecule has 26 heavy (non-hydrogen) atoms. The van der Waals surface area contributed by atoms with Gasteiger partial charge in [0.1, 0.15) is 0 Å². The molecule has 0 aromatic heterocycles. The summed E-state index contributed by atoms with van der Waals surface area (Å²) in [6, 6.07) is 6.15. The monoisotopic (exact) mass is 379 g/mol. The topological polar surface area (TPSA) is 86.8 Å². The van der Waals surface area contributed by atoms with Crippen molar-refractivity contribution < 1.29 is 18.0 Å². The summed E-state index contributed by atoms with van der Waals surface area (Å²) in [4.78, 5) is 26.0. The van der Waals surface area contributed by atoms with E-state index in [9.17, 15) is 18.0 Å². The number of piperazine rings is 1. The van der Waals surface area contributed by atoms with Crippen LogP contribution >= 0.6 is 0 Å². The number of carbonyl (C=O) groups is 2. The fraction of sp³-hybridized carbons (Fsp3) is 0.556. The summed E-state index contributed by atoms with van der Waals surface area (Å²) < 4.78 is 27.6. The lowest BCUT2D eigenvalue weighted by Crippen LogP contribution is -2.57. The zero-order valence-electron chi connectivity index (χ0n) is 15.0. The van der Waals surface area contributed by atoms with Gasteiger partial charge in [-0.3, -0.25) is 9.59 Å². The molecule has 2 fully saturated rings. The van der Waals surface area contributed by atoms with Gasteiger partial charge in [0.2, 0.25) is 15.9 Å². The number of piperidine rings is 1. The minimum absolute atomic E-state index is 0.0241. The normalized spacial score (nSPS) is 22.4. The molecule has 0 radical (unpaired) electrons. The molecule has 7 nitrogen and oxygen atoms in total. The largest absolute Gasteiger partial charge is 0.336 e. The Morgan fingerprint density at radius 2 is 2.12 bits per heavy atom. The quantitative estimate of drug-likeness (QED) is 0.767. The molecule has 0 aliphatic carbocycles. The summed E-state index contributed by atoms with van der Waals surface area (Å²) in [6.45, 7) is 4.15. The van der Waals surface area contributed by atoms with Gasteiger partial charge in [-0.05, 0) is 25.0 Å². The highest BCUT2D eigenvalue weighted by molar-refractivity contribution is 7.89. The molecule has 3 rings (SSSR count). The van der Waals surface area contributed by atoms with Crippen molar-refractivity contribution in [1.29, 1.82) is 0 Å². The van der Waals surface area contributed by atoms with Gasteiger partial charge in [0.15, 0.2) is 5.78 Å². The van der Waals surface area contributed by atoms with Crippen LogP contribution in [0.15, 0.2) is 29.2 Å². The first-order valence-corrected chi connectivity index (χ1v) is 10.5. The summed E-state index contributed by atoms with van der Waals surface area (Å²) in [5, 5.41) is 3.04. The van der Waals surface area contributed by atoms with Crippen LogP contribution in [-0.4, -0.2) is 68.1 Å². The Hall–Kier alpha value is -1.77. The molecule has 1 aromatic rings. The number of carbonyl (C=O) groups excluding carboxylic acids is 2. The van der Waals surface area contributed by atoms with Crippen LogP contribution in [0.1, 0.15) is 36.5 Å². The van der Waals surface area contributed by atoms with E-state index in [0.29, 0.717) is 44.6 Å². The van der Waals surface area contributed by atoms with Gasteiger partial charge >= 0.3 is 0 Å². The van der Waals surface area contributed by atoms with Crippen LogP contribution in [0.3, 0.4) is 0 Å². The van der Waals surface area contributed by atoms with Crippen molar-refractivity contribution >= 4 is 21.7 Å². The van der Waals surface area contributed by atoms with E-state index >= 15 is 0 Å². The molecule has 2 aliphatic heterocycles. The van der Waals surface area contributed by atoms with Crippen molar-refractivity contribution in [3.8, 4) is 0 Å². The molecule has 1 aromatic carbocycles. The van der Waals surface area contributed by atoms with Crippen molar-refractivity contribution in [2.45, 2.75) is 37.1 Å². The zero-order valence-corrected chi connectivity index (χ0v) is 15.8. The molecule has 2 heterocycles. The predicted molar refractivity (Wildman–Crippen MR) is 97.4 cm³/mol. The van der Waals surface area contributed by atoms with E-state index in [2.05, 4.69) is 5.32 Å². The third-order valence-electron chi connectivity index (χ3n) is 5.04. The standard InChI is InChI=1S/C18H25N3O4S/c1-2-17(22)14-5-3-7-16(11-14)26(24,25)20-9-4-6-15(13-20)21-10-8-19-12-18(21)23/h3,5,7,11,15,19H,2,4,6,8-10,12-13H2,1H3. The molecule has 0 bridgehead atoms. The van der Waals surface area contributed by atoms with Crippen LogP contribution in [0, 0.1) is 0 Å². The van der Waals surface area contributed by atoms with Crippen molar-refractivity contribution in [3.63, 3.8) is 0 Å². The average molecular weight is 379 g/mol. The summed E-state index contributed by atoms with van der Waals surface area (Å²) in [5.41, 5.74) is 0.416. The second-order valence-corrected chi connectivity index (χ2v) is 8.67. The van der Waals surface area contributed by atoms with E-state index in [4.69, 9.17) is 0 Å². The average Bonchev–Trinajstić information content (AvgIpc) is 2.68. The molecule has 1 atom stereocenters. The summed E-state index contributed by atoms with van der Waals surface area (Å²) in [6.07, 6.45) is 1.86. The molecule has 2 saturated heterocycles. The number of rotatable bonds is 5. The van der Waals surface area contributed by atoms with Gasteiger partial charge in [0.05, 0.1) is 11.4 Å². The Bertz CT molecular complexity index is 793. The van der Waals surface area contributed by atoms with Crippen LogP contribution < -0.4 is 5.32 Å². The molecule has 142 valence electrons. The van der Waals surface area contributed by atoms with E-state index in [1.165, 1.54) is 16.4 Å². The number of nitrogens with one attached hydrogen (secondary N) is 1. The van der Waals surface area contributed by atoms with Gasteiger partial charge in [0, 0.05) is 44.2 Å². The van der Waals surface area contributed by atoms with Gasteiger partial charge < -0.3 is 10.2 Å². The lowest BCUT2D eigenvalue weighted by atomic mass is 10.1. The number of hydrogen-bond acceptors (Lipinski definition) is 5. The predicted octanol–water partition coefficient (Wildman–Crippen LogP) is 0.864. The first-order chi connectivity index (χ1) is 12.4. The van der Waals surface area contributed by atoms with Crippen LogP contribution in [0.2, 0.25) is 0 Å². The van der Waals surface area contributed by atoms with Gasteiger partial charge in [-0.25, -0.2) is 8.42 Å². The number of Topliss-reactive ketones (excluding diaryl/α,β-unsaturated/α-hetero) is 1. The molecule has 1 unspecified atom stereocenters. The SMILES string of the molecule is CCC(=O)c1cccc(S(=O)(=O)N2CCCC(N3CCNCC3=O)C2)c1. The van der Waals surface area contributed by atoms with Crippen molar-refractivity contribution in [2.24, 2.45) is 0 Å². The van der Waals surface area contributed by atoms with E-state index < -0.39 is 10.0 Å². The highest BCUT2D eigenvalue weighted by Gasteiger charge is 2.35. The van der Waals surface area contributed by atoms with Crippen molar-refractivity contribution in [3.05, 3.63) is 29.8 Å². The zero-order chi connectivity index (χ0) is 18.7. The fourth-order valence-electron chi connectivity index (χ4n) is 3.58. The maximum Gasteiger partial charge on any atom is 0.243 e. The molecular weight excluding hydrogens is 354 g/mol. The van der Waals surface area contributed by atoms with Gasteiger partial charge in [-0.1, -0.05) is 19.1 Å². The molecular formula is C18H25N3O4S. The molecule has 2 aliphatic rings. The molecule has 1 amide bonds. The van der Waals surface area contributed by atoms with Crippen molar-refractivity contribution in [1.82, 2.24) is 14.5 Å². The number of ketones is 1. The Morgan fingerprint density at radius 1 is 1.31 bits per heavy atom. The maximum absolute atomic E-state index is 13.1. The number of amides is 1. The number of nitrogens with zero attached hydrogens (tertiary/aromatic N) is 2. The minimum atomic E-state index is -3.69. The Kier molecular flexibility index (Phi) is 5.74. The fourth-order valence-corrected chi connectivity index (χ4v) is 5.15. The minimum Gasteiger partial charge on any atom is -0.336 e. The van der Waals surface area contributed by atoms with Gasteiger partial charge in [-0.15, -0.1) is 0 Å². The molecule has 8 heteroatoms. The van der Waals surface area contributed by atoms with Crippen LogP contribution in [0.4, 0.5) is 0 Å². The molecule has 0 spiro atoms. The second kappa shape index (κ2) is 7.85. The van der Waals surface area contributed by atoms with E-state index in [0.717, 1.165) is 13.0 Å². The van der Waals surface area contributed by atoms with Crippen LogP contribution in [0.25, 0.3) is 0 Å². The lowest BCUT2D eigenvalue weighted by molar-refractivity contribution is -0.135. The van der Waals surface area contributed by atoms with Crippen molar-refractivity contribution in [2.75, 3.05) is 32.7 Å². The number of benzene rings is 1. The highest BCUT2D eigenvalue weighted by Crippen LogP contribution is 2.24. The first-order valence-electron chi connectivity index (χ1n) is 9.07. The maximum atomic E-state index is 13.1. The van der Waals surface area contributed by atoms with Crippen LogP contribution in [0.5, 0.6) is 0 Å². The lowest BCUT2D eigenvalue weighted by Gasteiger charge is -2.40. The molecule has 0 saturated carbocycles. The van der Waals surface area contributed by atoms with E-state index in [1.807, 2.05) is 0 Å². The highest BCUT2D eigenvalue weighted by atomic mass is 32.2. The van der Waals surface area contributed by atoms with Crippen LogP contribution in [-0.2, 0) is 14.8 Å². The first kappa shape index (κ1) is 19.0. The Balaban J connectivity index is 1.80. The summed E-state index contributed by atoms with van der Waals surface area (Å²) in [5.74, 6) is -0.0546. The Labute approximate surface area is 154 Å². The van der Waals surface area contributed by atoms with Gasteiger partial charge in [0.25, 0.3) is 0 Å². The van der Waals surface area contributed by atoms with E-state index in [-0.39, 0.29) is 22.6 Å². The summed E-state index contributed by atoms with van der Waals surface area (Å²) >= 11 is 0. The van der Waals surface area contributed by atoms with Gasteiger partial charge in [-0.2, -0.15) is 4.31 Å². The smallest absolute Gasteiger partial charge is 0.243 e.